The molecular formula is C16H25NO4. The molecule has 1 aromatic rings. The summed E-state index contributed by atoms with van der Waals surface area (Å²) < 4.78 is 16.4. The van der Waals surface area contributed by atoms with Crippen molar-refractivity contribution >= 4 is 0 Å². The molecule has 1 N–H and O–H groups in total. The van der Waals surface area contributed by atoms with Gasteiger partial charge in [0.1, 0.15) is 17.2 Å². The van der Waals surface area contributed by atoms with Gasteiger partial charge in [-0.1, -0.05) is 0 Å². The van der Waals surface area contributed by atoms with Crippen molar-refractivity contribution in [2.75, 3.05) is 48.1 Å². The molecule has 0 spiro atoms. The Kier molecular flexibility index (Phi) is 5.31. The summed E-state index contributed by atoms with van der Waals surface area (Å²) in [7, 11) is 7.02. The lowest BCUT2D eigenvalue weighted by Gasteiger charge is -2.37. The maximum absolute atomic E-state index is 9.74. The molecule has 21 heavy (non-hydrogen) atoms. The van der Waals surface area contributed by atoms with Crippen molar-refractivity contribution in [3.05, 3.63) is 17.7 Å². The Morgan fingerprint density at radius 1 is 1.14 bits per heavy atom. The number of methoxy groups -OCH3 is 3. The van der Waals surface area contributed by atoms with E-state index in [2.05, 4.69) is 11.9 Å². The molecule has 1 aromatic carbocycles. The highest BCUT2D eigenvalue weighted by atomic mass is 16.5. The fraction of sp³-hybridized carbons (Fsp3) is 0.625. The van der Waals surface area contributed by atoms with Gasteiger partial charge < -0.3 is 24.2 Å². The van der Waals surface area contributed by atoms with Crippen LogP contribution in [0, 0.1) is 5.92 Å². The SMILES string of the molecule is COc1cc(OC)c(C2CCN(C)CC2CO)c(OC)c1. The van der Waals surface area contributed by atoms with E-state index in [0.29, 0.717) is 5.75 Å². The van der Waals surface area contributed by atoms with E-state index in [1.807, 2.05) is 12.1 Å². The molecule has 0 saturated carbocycles. The lowest BCUT2D eigenvalue weighted by Crippen LogP contribution is -2.38. The Morgan fingerprint density at radius 3 is 2.24 bits per heavy atom. The van der Waals surface area contributed by atoms with Crippen molar-refractivity contribution < 1.29 is 19.3 Å². The van der Waals surface area contributed by atoms with Crippen LogP contribution in [0.2, 0.25) is 0 Å². The van der Waals surface area contributed by atoms with Crippen LogP contribution in [0.15, 0.2) is 12.1 Å². The van der Waals surface area contributed by atoms with Crippen LogP contribution in [0.25, 0.3) is 0 Å². The number of piperidine rings is 1. The van der Waals surface area contributed by atoms with Gasteiger partial charge in [-0.3, -0.25) is 0 Å². The van der Waals surface area contributed by atoms with Crippen molar-refractivity contribution in [3.8, 4) is 17.2 Å². The van der Waals surface area contributed by atoms with E-state index in [4.69, 9.17) is 14.2 Å². The van der Waals surface area contributed by atoms with E-state index in [1.54, 1.807) is 21.3 Å². The van der Waals surface area contributed by atoms with Crippen LogP contribution in [-0.2, 0) is 0 Å². The van der Waals surface area contributed by atoms with Crippen molar-refractivity contribution in [2.45, 2.75) is 12.3 Å². The van der Waals surface area contributed by atoms with Gasteiger partial charge in [0.05, 0.1) is 21.3 Å². The smallest absolute Gasteiger partial charge is 0.129 e. The summed E-state index contributed by atoms with van der Waals surface area (Å²) >= 11 is 0. The number of ether oxygens (including phenoxy) is 3. The molecule has 0 bridgehead atoms. The van der Waals surface area contributed by atoms with Crippen molar-refractivity contribution in [1.29, 1.82) is 0 Å². The van der Waals surface area contributed by atoms with Crippen LogP contribution < -0.4 is 14.2 Å². The quantitative estimate of drug-likeness (QED) is 0.897. The van der Waals surface area contributed by atoms with E-state index in [-0.39, 0.29) is 18.4 Å². The monoisotopic (exact) mass is 295 g/mol. The number of hydrogen-bond donors (Lipinski definition) is 1. The summed E-state index contributed by atoms with van der Waals surface area (Å²) in [5.74, 6) is 2.64. The first kappa shape index (κ1) is 15.9. The van der Waals surface area contributed by atoms with Crippen LogP contribution in [0.4, 0.5) is 0 Å². The van der Waals surface area contributed by atoms with E-state index in [1.165, 1.54) is 0 Å². The van der Waals surface area contributed by atoms with Crippen LogP contribution in [0.1, 0.15) is 17.9 Å². The molecule has 2 atom stereocenters. The topological polar surface area (TPSA) is 51.2 Å². The number of aliphatic hydroxyl groups is 1. The summed E-state index contributed by atoms with van der Waals surface area (Å²) in [6.07, 6.45) is 0.973. The molecule has 0 amide bonds. The van der Waals surface area contributed by atoms with Crippen LogP contribution in [-0.4, -0.2) is 58.1 Å². The fourth-order valence-corrected chi connectivity index (χ4v) is 3.18. The highest BCUT2D eigenvalue weighted by Crippen LogP contribution is 2.44. The Morgan fingerprint density at radius 2 is 1.76 bits per heavy atom. The third-order valence-corrected chi connectivity index (χ3v) is 4.30. The van der Waals surface area contributed by atoms with Gasteiger partial charge in [-0.05, 0) is 25.9 Å². The minimum Gasteiger partial charge on any atom is -0.496 e. The molecule has 1 heterocycles. The first-order chi connectivity index (χ1) is 10.1. The highest BCUT2D eigenvalue weighted by Gasteiger charge is 2.33. The molecule has 1 fully saturated rings. The summed E-state index contributed by atoms with van der Waals surface area (Å²) in [5.41, 5.74) is 1.04. The summed E-state index contributed by atoms with van der Waals surface area (Å²) in [6, 6.07) is 3.76. The van der Waals surface area contributed by atoms with Gasteiger partial charge in [0.15, 0.2) is 0 Å². The second-order valence-corrected chi connectivity index (χ2v) is 5.55. The molecule has 5 heteroatoms. The third-order valence-electron chi connectivity index (χ3n) is 4.30. The molecule has 1 saturated heterocycles. The second-order valence-electron chi connectivity index (χ2n) is 5.55. The molecule has 0 aliphatic carbocycles. The molecule has 0 radical (unpaired) electrons. The second kappa shape index (κ2) is 7.00. The highest BCUT2D eigenvalue weighted by molar-refractivity contribution is 5.53. The molecule has 118 valence electrons. The average Bonchev–Trinajstić information content (AvgIpc) is 2.53. The predicted molar refractivity (Wildman–Crippen MR) is 81.5 cm³/mol. The predicted octanol–water partition coefficient (Wildman–Crippen LogP) is 1.74. The van der Waals surface area contributed by atoms with E-state index in [0.717, 1.165) is 36.6 Å². The maximum Gasteiger partial charge on any atom is 0.129 e. The zero-order valence-corrected chi connectivity index (χ0v) is 13.3. The van der Waals surface area contributed by atoms with Gasteiger partial charge >= 0.3 is 0 Å². The number of rotatable bonds is 5. The number of likely N-dealkylation sites (tertiary alicyclic amines) is 1. The fourth-order valence-electron chi connectivity index (χ4n) is 3.18. The molecule has 1 aliphatic rings. The van der Waals surface area contributed by atoms with Gasteiger partial charge in [0.25, 0.3) is 0 Å². The summed E-state index contributed by atoms with van der Waals surface area (Å²) in [6.45, 7) is 2.03. The number of hydrogen-bond acceptors (Lipinski definition) is 5. The van der Waals surface area contributed by atoms with E-state index < -0.39 is 0 Å². The zero-order chi connectivity index (χ0) is 15.4. The summed E-state index contributed by atoms with van der Waals surface area (Å²) in [5, 5.41) is 9.74. The minimum absolute atomic E-state index is 0.160. The molecule has 2 unspecified atom stereocenters. The maximum atomic E-state index is 9.74. The molecule has 5 nitrogen and oxygen atoms in total. The Balaban J connectivity index is 2.45. The van der Waals surface area contributed by atoms with Gasteiger partial charge in [0.2, 0.25) is 0 Å². The van der Waals surface area contributed by atoms with Gasteiger partial charge in [-0.25, -0.2) is 0 Å². The van der Waals surface area contributed by atoms with Crippen LogP contribution in [0.5, 0.6) is 17.2 Å². The first-order valence-corrected chi connectivity index (χ1v) is 7.23. The van der Waals surface area contributed by atoms with Gasteiger partial charge in [-0.15, -0.1) is 0 Å². The first-order valence-electron chi connectivity index (χ1n) is 7.23. The van der Waals surface area contributed by atoms with Crippen molar-refractivity contribution in [2.24, 2.45) is 5.92 Å². The van der Waals surface area contributed by atoms with Gasteiger partial charge in [0, 0.05) is 36.8 Å². The normalized spacial score (nSPS) is 22.9. The Labute approximate surface area is 126 Å². The van der Waals surface area contributed by atoms with Crippen LogP contribution >= 0.6 is 0 Å². The lowest BCUT2D eigenvalue weighted by molar-refractivity contribution is 0.116. The van der Waals surface area contributed by atoms with Crippen molar-refractivity contribution in [3.63, 3.8) is 0 Å². The molecule has 2 rings (SSSR count). The minimum atomic E-state index is 0.160. The van der Waals surface area contributed by atoms with E-state index >= 15 is 0 Å². The third kappa shape index (κ3) is 3.24. The number of aliphatic hydroxyl groups excluding tert-OH is 1. The summed E-state index contributed by atoms with van der Waals surface area (Å²) in [4.78, 5) is 2.25. The zero-order valence-electron chi connectivity index (χ0n) is 13.3. The standard InChI is InChI=1S/C16H25NO4/c1-17-6-5-13(11(9-17)10-18)16-14(20-3)7-12(19-2)8-15(16)21-4/h7-8,11,13,18H,5-6,9-10H2,1-4H3. The lowest BCUT2D eigenvalue weighted by atomic mass is 9.80. The van der Waals surface area contributed by atoms with Crippen LogP contribution in [0.3, 0.4) is 0 Å². The largest absolute Gasteiger partial charge is 0.496 e. The van der Waals surface area contributed by atoms with Crippen molar-refractivity contribution in [1.82, 2.24) is 4.90 Å². The van der Waals surface area contributed by atoms with Gasteiger partial charge in [-0.2, -0.15) is 0 Å². The Hall–Kier alpha value is -1.46. The number of nitrogens with zero attached hydrogens (tertiary/aromatic N) is 1. The molecular weight excluding hydrogens is 270 g/mol. The molecule has 0 aromatic heterocycles. The molecule has 1 aliphatic heterocycles. The Bertz CT molecular complexity index is 452. The van der Waals surface area contributed by atoms with E-state index in [9.17, 15) is 5.11 Å². The number of benzene rings is 1. The average molecular weight is 295 g/mol.